The number of ether oxygens (including phenoxy) is 3. The van der Waals surface area contributed by atoms with Gasteiger partial charge in [0.05, 0.1) is 32.0 Å². The molecule has 0 aliphatic carbocycles. The maximum Gasteiger partial charge on any atom is 0.305 e. The number of hydrogen-bond donors (Lipinski definition) is 6. The van der Waals surface area contributed by atoms with Crippen molar-refractivity contribution in [2.24, 2.45) is 0 Å². The second-order valence-corrected chi connectivity index (χ2v) is 23.9. The van der Waals surface area contributed by atoms with E-state index in [1.54, 1.807) is 6.08 Å². The molecule has 1 fully saturated rings. The van der Waals surface area contributed by atoms with E-state index < -0.39 is 49.5 Å². The summed E-state index contributed by atoms with van der Waals surface area (Å²) in [6.07, 6.45) is 64.3. The monoisotopic (exact) mass is 1130 g/mol. The first-order chi connectivity index (χ1) is 39.2. The molecule has 0 aromatic carbocycles. The number of carbonyl (C=O) groups is 2. The quantitative estimate of drug-likeness (QED) is 0.0195. The average Bonchev–Trinajstić information content (AvgIpc) is 3.45. The maximum absolute atomic E-state index is 13.0. The Bertz CT molecular complexity index is 1420. The van der Waals surface area contributed by atoms with Crippen LogP contribution in [0.2, 0.25) is 0 Å². The molecule has 1 heterocycles. The Morgan fingerprint density at radius 2 is 0.812 bits per heavy atom. The molecule has 0 radical (unpaired) electrons. The third kappa shape index (κ3) is 47.3. The summed E-state index contributed by atoms with van der Waals surface area (Å²) in [6, 6.07) is -0.831. The van der Waals surface area contributed by atoms with Gasteiger partial charge in [0, 0.05) is 12.8 Å². The molecule has 0 spiro atoms. The van der Waals surface area contributed by atoms with E-state index in [1.165, 1.54) is 231 Å². The standard InChI is InChI=1S/C69H129NO10/c1-3-5-7-9-11-13-35-39-43-47-51-55-62(72)61(60-79-69-68(77)67(76)66(75)63(59-71)80-69)70-64(73)56-52-48-44-40-37-33-31-29-27-25-23-21-19-17-15-16-18-20-22-24-26-28-30-32-34-38-42-46-50-54-58-78-65(74)57-53-49-45-41-36-14-12-10-8-6-4-2/h7,9,35,39,51,55,61-63,66-69,71-72,75-77H,3-6,8,10-34,36-38,40-50,52-54,56-60H2,1-2H3,(H,70,73)/b9-7+,39-35+,55-51+. The molecule has 1 aliphatic heterocycles. The molecule has 7 unspecified atom stereocenters. The van der Waals surface area contributed by atoms with Crippen LogP contribution in [0.5, 0.6) is 0 Å². The average molecular weight is 1130 g/mol. The largest absolute Gasteiger partial charge is 0.466 e. The fourth-order valence-electron chi connectivity index (χ4n) is 10.8. The first-order valence-electron chi connectivity index (χ1n) is 34.3. The smallest absolute Gasteiger partial charge is 0.305 e. The molecule has 0 saturated carbocycles. The fraction of sp³-hybridized carbons (Fsp3) is 0.884. The van der Waals surface area contributed by atoms with E-state index in [1.807, 2.05) is 6.08 Å². The molecule has 6 N–H and O–H groups in total. The molecule has 470 valence electrons. The van der Waals surface area contributed by atoms with E-state index in [4.69, 9.17) is 14.2 Å². The molecule has 1 aliphatic rings. The summed E-state index contributed by atoms with van der Waals surface area (Å²) in [4.78, 5) is 25.0. The topological polar surface area (TPSA) is 175 Å². The van der Waals surface area contributed by atoms with E-state index in [0.29, 0.717) is 19.4 Å². The van der Waals surface area contributed by atoms with Gasteiger partial charge < -0.3 is 45.1 Å². The number of aliphatic hydroxyl groups excluding tert-OH is 5. The number of aliphatic hydroxyl groups is 5. The number of carbonyl (C=O) groups excluding carboxylic acids is 2. The van der Waals surface area contributed by atoms with Crippen LogP contribution in [0.1, 0.15) is 328 Å². The summed E-state index contributed by atoms with van der Waals surface area (Å²) in [6.45, 7) is 4.27. The minimum Gasteiger partial charge on any atom is -0.466 e. The summed E-state index contributed by atoms with van der Waals surface area (Å²) < 4.78 is 16.7. The number of unbranched alkanes of at least 4 members (excludes halogenated alkanes) is 42. The zero-order valence-electron chi connectivity index (χ0n) is 52.1. The van der Waals surface area contributed by atoms with Crippen molar-refractivity contribution in [3.05, 3.63) is 36.5 Å². The summed E-state index contributed by atoms with van der Waals surface area (Å²) in [5.41, 5.74) is 0. The summed E-state index contributed by atoms with van der Waals surface area (Å²) >= 11 is 0. The minimum absolute atomic E-state index is 0.0112. The lowest BCUT2D eigenvalue weighted by Crippen LogP contribution is -2.60. The van der Waals surface area contributed by atoms with Gasteiger partial charge in [-0.1, -0.05) is 301 Å². The van der Waals surface area contributed by atoms with Gasteiger partial charge in [-0.05, 0) is 51.4 Å². The number of hydrogen-bond acceptors (Lipinski definition) is 10. The van der Waals surface area contributed by atoms with Crippen molar-refractivity contribution >= 4 is 11.9 Å². The highest BCUT2D eigenvalue weighted by atomic mass is 16.7. The SMILES string of the molecule is CCC/C=C/CC/C=C/CC/C=C/C(O)C(COC1OC(CO)C(O)C(O)C1O)NC(=O)CCCCCCCCCCCCCCCCCCCCCCCCCCCCCCCCOC(=O)CCCCCCCCCCCCC. The van der Waals surface area contributed by atoms with Crippen LogP contribution in [0, 0.1) is 0 Å². The van der Waals surface area contributed by atoms with Crippen LogP contribution in [-0.4, -0.2) is 100 Å². The van der Waals surface area contributed by atoms with Crippen LogP contribution in [-0.2, 0) is 23.8 Å². The Morgan fingerprint density at radius 1 is 0.450 bits per heavy atom. The van der Waals surface area contributed by atoms with Crippen LogP contribution in [0.4, 0.5) is 0 Å². The fourth-order valence-corrected chi connectivity index (χ4v) is 10.8. The van der Waals surface area contributed by atoms with Crippen LogP contribution < -0.4 is 5.32 Å². The Hall–Kier alpha value is -2.12. The van der Waals surface area contributed by atoms with Crippen molar-refractivity contribution in [2.45, 2.75) is 371 Å². The minimum atomic E-state index is -1.58. The van der Waals surface area contributed by atoms with Crippen molar-refractivity contribution in [2.75, 3.05) is 19.8 Å². The molecule has 0 aromatic heterocycles. The van der Waals surface area contributed by atoms with Gasteiger partial charge in [0.15, 0.2) is 6.29 Å². The normalized spacial score (nSPS) is 18.5. The van der Waals surface area contributed by atoms with E-state index in [-0.39, 0.29) is 18.5 Å². The summed E-state index contributed by atoms with van der Waals surface area (Å²) in [5.74, 6) is -0.182. The van der Waals surface area contributed by atoms with Crippen LogP contribution in [0.15, 0.2) is 36.5 Å². The highest BCUT2D eigenvalue weighted by Crippen LogP contribution is 2.23. The predicted octanol–water partition coefficient (Wildman–Crippen LogP) is 17.0. The Balaban J connectivity index is 1.94. The van der Waals surface area contributed by atoms with E-state index in [0.717, 1.165) is 70.6 Å². The van der Waals surface area contributed by atoms with Crippen LogP contribution in [0.25, 0.3) is 0 Å². The molecular weight excluding hydrogens is 1000 g/mol. The molecule has 11 heteroatoms. The van der Waals surface area contributed by atoms with Gasteiger partial charge in [0.1, 0.15) is 24.4 Å². The van der Waals surface area contributed by atoms with Gasteiger partial charge in [-0.2, -0.15) is 0 Å². The second-order valence-electron chi connectivity index (χ2n) is 23.9. The number of rotatable bonds is 60. The lowest BCUT2D eigenvalue weighted by atomic mass is 9.99. The number of nitrogens with one attached hydrogen (secondary N) is 1. The van der Waals surface area contributed by atoms with E-state index in [9.17, 15) is 35.1 Å². The number of esters is 1. The van der Waals surface area contributed by atoms with Gasteiger partial charge >= 0.3 is 5.97 Å². The van der Waals surface area contributed by atoms with Crippen LogP contribution in [0.3, 0.4) is 0 Å². The highest BCUT2D eigenvalue weighted by molar-refractivity contribution is 5.76. The molecule has 1 amide bonds. The first kappa shape index (κ1) is 75.9. The molecule has 7 atom stereocenters. The van der Waals surface area contributed by atoms with Crippen molar-refractivity contribution in [1.29, 1.82) is 0 Å². The molecule has 80 heavy (non-hydrogen) atoms. The number of allylic oxidation sites excluding steroid dienone is 5. The zero-order chi connectivity index (χ0) is 58.0. The van der Waals surface area contributed by atoms with E-state index in [2.05, 4.69) is 43.5 Å². The molecule has 1 saturated heterocycles. The molecular formula is C69H129NO10. The predicted molar refractivity (Wildman–Crippen MR) is 334 cm³/mol. The van der Waals surface area contributed by atoms with Gasteiger partial charge in [0.25, 0.3) is 0 Å². The van der Waals surface area contributed by atoms with Gasteiger partial charge in [-0.25, -0.2) is 0 Å². The lowest BCUT2D eigenvalue weighted by molar-refractivity contribution is -0.302. The van der Waals surface area contributed by atoms with E-state index >= 15 is 0 Å². The number of amides is 1. The Kier molecular flexibility index (Phi) is 55.6. The lowest BCUT2D eigenvalue weighted by Gasteiger charge is -2.40. The Labute approximate surface area is 492 Å². The Morgan fingerprint density at radius 3 is 1.21 bits per heavy atom. The van der Waals surface area contributed by atoms with Gasteiger partial charge in [-0.3, -0.25) is 9.59 Å². The summed E-state index contributed by atoms with van der Waals surface area (Å²) in [5, 5.41) is 54.3. The summed E-state index contributed by atoms with van der Waals surface area (Å²) in [7, 11) is 0. The molecule has 1 rings (SSSR count). The van der Waals surface area contributed by atoms with Crippen LogP contribution >= 0.6 is 0 Å². The van der Waals surface area contributed by atoms with Gasteiger partial charge in [-0.15, -0.1) is 0 Å². The molecule has 11 nitrogen and oxygen atoms in total. The van der Waals surface area contributed by atoms with Crippen molar-refractivity contribution in [3.63, 3.8) is 0 Å². The maximum atomic E-state index is 13.0. The third-order valence-corrected chi connectivity index (χ3v) is 16.2. The van der Waals surface area contributed by atoms with Crippen molar-refractivity contribution in [1.82, 2.24) is 5.32 Å². The van der Waals surface area contributed by atoms with Crippen molar-refractivity contribution in [3.8, 4) is 0 Å². The highest BCUT2D eigenvalue weighted by Gasteiger charge is 2.44. The molecule has 0 aromatic rings. The second kappa shape index (κ2) is 58.6. The zero-order valence-corrected chi connectivity index (χ0v) is 52.1. The van der Waals surface area contributed by atoms with Gasteiger partial charge in [0.2, 0.25) is 5.91 Å². The first-order valence-corrected chi connectivity index (χ1v) is 34.3. The molecule has 0 bridgehead atoms. The third-order valence-electron chi connectivity index (χ3n) is 16.2. The van der Waals surface area contributed by atoms with Crippen molar-refractivity contribution < 1.29 is 49.3 Å².